The molecule has 8 heteroatoms. The minimum absolute atomic E-state index is 0.0824. The quantitative estimate of drug-likeness (QED) is 0.557. The summed E-state index contributed by atoms with van der Waals surface area (Å²) in [5.74, 6) is 2.51. The number of benzene rings is 2. The number of aliphatic hydroxyl groups excluding tert-OH is 2. The molecule has 0 aromatic heterocycles. The predicted molar refractivity (Wildman–Crippen MR) is 117 cm³/mol. The van der Waals surface area contributed by atoms with E-state index in [-0.39, 0.29) is 6.61 Å². The first-order valence-electron chi connectivity index (χ1n) is 9.62. The number of aliphatic hydroxyl groups is 2. The number of hydrogen-bond donors (Lipinski definition) is 2. The molecule has 0 aliphatic heterocycles. The van der Waals surface area contributed by atoms with Crippen molar-refractivity contribution in [3.8, 4) is 34.5 Å². The summed E-state index contributed by atoms with van der Waals surface area (Å²) in [6.07, 6.45) is 1.65. The third kappa shape index (κ3) is 5.53. The van der Waals surface area contributed by atoms with Gasteiger partial charge in [-0.1, -0.05) is 12.2 Å². The van der Waals surface area contributed by atoms with Gasteiger partial charge in [0.05, 0.1) is 42.2 Å². The zero-order valence-electron chi connectivity index (χ0n) is 18.7. The fraction of sp³-hybridized carbons (Fsp3) is 0.391. The Labute approximate surface area is 182 Å². The van der Waals surface area contributed by atoms with Crippen LogP contribution in [0.5, 0.6) is 34.5 Å². The second-order valence-electron chi connectivity index (χ2n) is 6.57. The largest absolute Gasteiger partial charge is 0.493 e. The van der Waals surface area contributed by atoms with Gasteiger partial charge < -0.3 is 38.6 Å². The van der Waals surface area contributed by atoms with Crippen LogP contribution in [-0.2, 0) is 0 Å². The Hall–Kier alpha value is -3.10. The lowest BCUT2D eigenvalue weighted by Crippen LogP contribution is -2.22. The fourth-order valence-corrected chi connectivity index (χ4v) is 3.09. The van der Waals surface area contributed by atoms with Crippen molar-refractivity contribution in [2.75, 3.05) is 42.2 Å². The molecule has 31 heavy (non-hydrogen) atoms. The van der Waals surface area contributed by atoms with E-state index in [9.17, 15) is 5.11 Å². The molecule has 2 N–H and O–H groups in total. The topological polar surface area (TPSA) is 95.8 Å². The van der Waals surface area contributed by atoms with Crippen molar-refractivity contribution < 1.29 is 38.6 Å². The lowest BCUT2D eigenvalue weighted by Gasteiger charge is -2.24. The molecule has 0 saturated heterocycles. The van der Waals surface area contributed by atoms with Crippen molar-refractivity contribution in [2.45, 2.75) is 19.1 Å². The molecule has 0 radical (unpaired) electrons. The summed E-state index contributed by atoms with van der Waals surface area (Å²) in [6, 6.07) is 6.84. The van der Waals surface area contributed by atoms with E-state index in [2.05, 4.69) is 0 Å². The maximum absolute atomic E-state index is 11.0. The van der Waals surface area contributed by atoms with Crippen molar-refractivity contribution in [3.05, 3.63) is 41.5 Å². The molecule has 0 fully saturated rings. The SMILES string of the molecule is COc1cc(C(O)C(C)Oc2c(OC)cc(/C=C/CO)cc2OC)cc(OC)c1OC. The van der Waals surface area contributed by atoms with Crippen molar-refractivity contribution in [3.63, 3.8) is 0 Å². The number of rotatable bonds is 11. The summed E-state index contributed by atoms with van der Waals surface area (Å²) in [4.78, 5) is 0. The summed E-state index contributed by atoms with van der Waals surface area (Å²) in [6.45, 7) is 1.65. The van der Waals surface area contributed by atoms with E-state index >= 15 is 0 Å². The van der Waals surface area contributed by atoms with Crippen LogP contribution in [0.2, 0.25) is 0 Å². The van der Waals surface area contributed by atoms with Gasteiger partial charge in [0.2, 0.25) is 11.5 Å². The van der Waals surface area contributed by atoms with E-state index in [1.807, 2.05) is 0 Å². The molecule has 0 amide bonds. The molecular weight excluding hydrogens is 404 g/mol. The zero-order chi connectivity index (χ0) is 23.0. The molecule has 2 rings (SSSR count). The van der Waals surface area contributed by atoms with Crippen LogP contribution in [0.4, 0.5) is 0 Å². The van der Waals surface area contributed by atoms with Crippen LogP contribution in [0.15, 0.2) is 30.3 Å². The van der Waals surface area contributed by atoms with Crippen LogP contribution in [-0.4, -0.2) is 58.5 Å². The smallest absolute Gasteiger partial charge is 0.203 e. The molecular formula is C23H30O8. The van der Waals surface area contributed by atoms with Gasteiger partial charge in [-0.15, -0.1) is 0 Å². The van der Waals surface area contributed by atoms with E-state index in [1.54, 1.807) is 43.3 Å². The summed E-state index contributed by atoms with van der Waals surface area (Å²) in [7, 11) is 7.56. The highest BCUT2D eigenvalue weighted by Crippen LogP contribution is 2.43. The van der Waals surface area contributed by atoms with E-state index < -0.39 is 12.2 Å². The molecule has 2 aromatic carbocycles. The Morgan fingerprint density at radius 2 is 1.26 bits per heavy atom. The maximum Gasteiger partial charge on any atom is 0.203 e. The molecule has 170 valence electrons. The Morgan fingerprint density at radius 3 is 1.68 bits per heavy atom. The summed E-state index contributed by atoms with van der Waals surface area (Å²) >= 11 is 0. The Bertz CT molecular complexity index is 843. The van der Waals surface area contributed by atoms with Gasteiger partial charge in [0, 0.05) is 0 Å². The first kappa shape index (κ1) is 24.2. The molecule has 2 aromatic rings. The van der Waals surface area contributed by atoms with Crippen molar-refractivity contribution in [2.24, 2.45) is 0 Å². The average Bonchev–Trinajstić information content (AvgIpc) is 2.81. The van der Waals surface area contributed by atoms with Crippen LogP contribution < -0.4 is 28.4 Å². The summed E-state index contributed by atoms with van der Waals surface area (Å²) in [5, 5.41) is 20.0. The summed E-state index contributed by atoms with van der Waals surface area (Å²) < 4.78 is 33.0. The second-order valence-corrected chi connectivity index (χ2v) is 6.57. The molecule has 0 aliphatic rings. The molecule has 2 unspecified atom stereocenters. The zero-order valence-corrected chi connectivity index (χ0v) is 18.7. The van der Waals surface area contributed by atoms with Crippen LogP contribution in [0.3, 0.4) is 0 Å². The third-order valence-electron chi connectivity index (χ3n) is 4.68. The molecule has 8 nitrogen and oxygen atoms in total. The molecule has 2 atom stereocenters. The maximum atomic E-state index is 11.0. The monoisotopic (exact) mass is 434 g/mol. The molecule has 0 aliphatic carbocycles. The highest BCUT2D eigenvalue weighted by atomic mass is 16.6. The van der Waals surface area contributed by atoms with Gasteiger partial charge in [0.1, 0.15) is 12.2 Å². The molecule has 0 bridgehead atoms. The van der Waals surface area contributed by atoms with Gasteiger partial charge >= 0.3 is 0 Å². The minimum Gasteiger partial charge on any atom is -0.493 e. The molecule has 0 saturated carbocycles. The summed E-state index contributed by atoms with van der Waals surface area (Å²) in [5.41, 5.74) is 1.30. The van der Waals surface area contributed by atoms with Crippen LogP contribution in [0.1, 0.15) is 24.2 Å². The molecule has 0 heterocycles. The van der Waals surface area contributed by atoms with Gasteiger partial charge in [-0.05, 0) is 42.3 Å². The standard InChI is InChI=1S/C23H30O8/c1-14(21(25)16-12-19(28-4)22(30-6)20(13-16)29-5)31-23-17(26-2)10-15(8-7-9-24)11-18(23)27-3/h7-8,10-14,21,24-25H,9H2,1-6H3/b8-7+. The van der Waals surface area contributed by atoms with Crippen LogP contribution >= 0.6 is 0 Å². The third-order valence-corrected chi connectivity index (χ3v) is 4.68. The van der Waals surface area contributed by atoms with Crippen molar-refractivity contribution in [1.82, 2.24) is 0 Å². The lowest BCUT2D eigenvalue weighted by atomic mass is 10.0. The number of ether oxygens (including phenoxy) is 6. The van der Waals surface area contributed by atoms with Gasteiger partial charge in [-0.2, -0.15) is 0 Å². The second kappa shape index (κ2) is 11.3. The number of methoxy groups -OCH3 is 5. The van der Waals surface area contributed by atoms with Crippen LogP contribution in [0.25, 0.3) is 6.08 Å². The van der Waals surface area contributed by atoms with Gasteiger partial charge in [-0.25, -0.2) is 0 Å². The van der Waals surface area contributed by atoms with Gasteiger partial charge in [0.25, 0.3) is 0 Å². The van der Waals surface area contributed by atoms with Gasteiger partial charge in [0.15, 0.2) is 23.0 Å². The predicted octanol–water partition coefficient (Wildman–Crippen LogP) is 3.24. The highest BCUT2D eigenvalue weighted by Gasteiger charge is 2.25. The van der Waals surface area contributed by atoms with Crippen LogP contribution in [0, 0.1) is 0 Å². The van der Waals surface area contributed by atoms with Gasteiger partial charge in [-0.3, -0.25) is 0 Å². The average molecular weight is 434 g/mol. The van der Waals surface area contributed by atoms with E-state index in [0.717, 1.165) is 5.56 Å². The molecule has 0 spiro atoms. The Kier molecular flexibility index (Phi) is 8.84. The first-order chi connectivity index (χ1) is 14.9. The Morgan fingerprint density at radius 1 is 0.774 bits per heavy atom. The number of hydrogen-bond acceptors (Lipinski definition) is 8. The fourth-order valence-electron chi connectivity index (χ4n) is 3.09. The highest BCUT2D eigenvalue weighted by molar-refractivity contribution is 5.62. The van der Waals surface area contributed by atoms with E-state index in [0.29, 0.717) is 40.1 Å². The van der Waals surface area contributed by atoms with Crippen molar-refractivity contribution >= 4 is 6.08 Å². The first-order valence-corrected chi connectivity index (χ1v) is 9.62. The van der Waals surface area contributed by atoms with E-state index in [1.165, 1.54) is 35.5 Å². The lowest BCUT2D eigenvalue weighted by molar-refractivity contribution is 0.0431. The minimum atomic E-state index is -1.02. The Balaban J connectivity index is 2.38. The normalized spacial score (nSPS) is 12.9. The van der Waals surface area contributed by atoms with Crippen molar-refractivity contribution in [1.29, 1.82) is 0 Å². The van der Waals surface area contributed by atoms with E-state index in [4.69, 9.17) is 33.5 Å².